The summed E-state index contributed by atoms with van der Waals surface area (Å²) in [5.74, 6) is -0.581. The Morgan fingerprint density at radius 3 is 2.29 bits per heavy atom. The molecule has 0 aromatic carbocycles. The highest BCUT2D eigenvalue weighted by Crippen LogP contribution is 2.33. The van der Waals surface area contributed by atoms with Crippen LogP contribution in [-0.2, 0) is 4.79 Å². The third-order valence-electron chi connectivity index (χ3n) is 4.58. The first-order chi connectivity index (χ1) is 11.2. The molecule has 1 aliphatic carbocycles. The van der Waals surface area contributed by atoms with Crippen LogP contribution in [-0.4, -0.2) is 22.1 Å². The van der Waals surface area contributed by atoms with Gasteiger partial charge in [-0.3, -0.25) is 4.79 Å². The molecule has 0 bridgehead atoms. The van der Waals surface area contributed by atoms with E-state index in [2.05, 4.69) is 0 Å². The Labute approximate surface area is 146 Å². The molecule has 1 rings (SSSR count). The molecule has 0 radical (unpaired) electrons. The third-order valence-corrected chi connectivity index (χ3v) is 4.58. The van der Waals surface area contributed by atoms with Gasteiger partial charge in [0.15, 0.2) is 5.78 Å². The molecule has 24 heavy (non-hydrogen) atoms. The van der Waals surface area contributed by atoms with Crippen LogP contribution in [0.5, 0.6) is 0 Å². The number of rotatable bonds is 7. The van der Waals surface area contributed by atoms with E-state index in [1.807, 2.05) is 53.7 Å². The number of Topliss-reactive ketones (excluding diaryl/α,β-unsaturated/α-hetero) is 1. The highest BCUT2D eigenvalue weighted by Gasteiger charge is 2.35. The van der Waals surface area contributed by atoms with Gasteiger partial charge in [0.25, 0.3) is 0 Å². The molecule has 134 valence electrons. The van der Waals surface area contributed by atoms with Crippen LogP contribution in [0.3, 0.4) is 0 Å². The second-order valence-corrected chi connectivity index (χ2v) is 7.26. The summed E-state index contributed by atoms with van der Waals surface area (Å²) in [6.45, 7) is 11.9. The lowest BCUT2D eigenvalue weighted by molar-refractivity contribution is -0.120. The lowest BCUT2D eigenvalue weighted by atomic mass is 9.79. The molecule has 0 aromatic rings. The van der Waals surface area contributed by atoms with Crippen LogP contribution in [0, 0.1) is 11.8 Å². The van der Waals surface area contributed by atoms with Crippen molar-refractivity contribution in [3.8, 4) is 0 Å². The summed E-state index contributed by atoms with van der Waals surface area (Å²) in [6, 6.07) is 0. The van der Waals surface area contributed by atoms with Crippen molar-refractivity contribution in [2.24, 2.45) is 11.8 Å². The van der Waals surface area contributed by atoms with E-state index < -0.39 is 12.0 Å². The van der Waals surface area contributed by atoms with Gasteiger partial charge in [-0.25, -0.2) is 0 Å². The molecular weight excluding hydrogens is 300 g/mol. The second kappa shape index (κ2) is 9.03. The van der Waals surface area contributed by atoms with Crippen LogP contribution in [0.25, 0.3) is 0 Å². The Morgan fingerprint density at radius 2 is 1.79 bits per heavy atom. The number of aliphatic hydroxyl groups excluding tert-OH is 2. The minimum atomic E-state index is -0.786. The zero-order valence-corrected chi connectivity index (χ0v) is 15.9. The van der Waals surface area contributed by atoms with Crippen molar-refractivity contribution in [1.29, 1.82) is 0 Å². The molecule has 2 N–H and O–H groups in total. The topological polar surface area (TPSA) is 57.5 Å². The van der Waals surface area contributed by atoms with Crippen LogP contribution >= 0.6 is 0 Å². The lowest BCUT2D eigenvalue weighted by Gasteiger charge is -2.28. The van der Waals surface area contributed by atoms with Crippen molar-refractivity contribution in [2.45, 2.75) is 66.9 Å². The van der Waals surface area contributed by atoms with E-state index in [4.69, 9.17) is 0 Å². The lowest BCUT2D eigenvalue weighted by Crippen LogP contribution is -2.32. The molecule has 0 heterocycles. The van der Waals surface area contributed by atoms with Gasteiger partial charge in [0.2, 0.25) is 0 Å². The van der Waals surface area contributed by atoms with Crippen molar-refractivity contribution in [3.63, 3.8) is 0 Å². The van der Waals surface area contributed by atoms with Gasteiger partial charge in [0, 0.05) is 5.57 Å². The average Bonchev–Trinajstić information content (AvgIpc) is 2.52. The monoisotopic (exact) mass is 332 g/mol. The molecule has 0 aromatic heterocycles. The number of ketones is 1. The summed E-state index contributed by atoms with van der Waals surface area (Å²) < 4.78 is 0. The molecule has 0 aliphatic heterocycles. The van der Waals surface area contributed by atoms with E-state index in [1.165, 1.54) is 0 Å². The van der Waals surface area contributed by atoms with Gasteiger partial charge in [-0.2, -0.15) is 0 Å². The van der Waals surface area contributed by atoms with Crippen LogP contribution in [0.4, 0.5) is 0 Å². The molecule has 3 atom stereocenters. The molecule has 1 aliphatic rings. The van der Waals surface area contributed by atoms with Gasteiger partial charge in [0.05, 0.1) is 12.0 Å². The molecule has 0 amide bonds. The van der Waals surface area contributed by atoms with Gasteiger partial charge in [-0.05, 0) is 58.1 Å². The SMILES string of the molecule is CCC(C)C(O)C1=CC(CC=C(C)C)=C(O)C(CC=C(C)C)C1=O. The molecule has 3 heteroatoms. The zero-order valence-electron chi connectivity index (χ0n) is 15.9. The highest BCUT2D eigenvalue weighted by atomic mass is 16.3. The summed E-state index contributed by atoms with van der Waals surface area (Å²) in [5.41, 5.74) is 3.44. The molecule has 0 spiro atoms. The Morgan fingerprint density at radius 1 is 1.21 bits per heavy atom. The van der Waals surface area contributed by atoms with Gasteiger partial charge < -0.3 is 10.2 Å². The highest BCUT2D eigenvalue weighted by molar-refractivity contribution is 6.01. The van der Waals surface area contributed by atoms with E-state index in [0.717, 1.165) is 23.1 Å². The maximum absolute atomic E-state index is 12.8. The number of carbonyl (C=O) groups is 1. The van der Waals surface area contributed by atoms with E-state index in [1.54, 1.807) is 6.08 Å². The number of aliphatic hydroxyl groups is 2. The smallest absolute Gasteiger partial charge is 0.172 e. The molecule has 0 saturated heterocycles. The van der Waals surface area contributed by atoms with Crippen molar-refractivity contribution in [1.82, 2.24) is 0 Å². The summed E-state index contributed by atoms with van der Waals surface area (Å²) in [7, 11) is 0. The molecule has 0 saturated carbocycles. The fourth-order valence-corrected chi connectivity index (χ4v) is 2.69. The van der Waals surface area contributed by atoms with Gasteiger partial charge in [-0.1, -0.05) is 43.6 Å². The Hall–Kier alpha value is -1.61. The first kappa shape index (κ1) is 20.4. The van der Waals surface area contributed by atoms with Gasteiger partial charge in [-0.15, -0.1) is 0 Å². The first-order valence-electron chi connectivity index (χ1n) is 8.81. The van der Waals surface area contributed by atoms with Crippen LogP contribution in [0.1, 0.15) is 60.8 Å². The standard InChI is InChI=1S/C21H32O3/c1-7-15(6)19(22)18-12-16(10-8-13(2)3)20(23)17(21(18)24)11-9-14(4)5/h8-9,12,15,17,19,22-23H,7,10-11H2,1-6H3. The Balaban J connectivity index is 3.27. The maximum atomic E-state index is 12.8. The van der Waals surface area contributed by atoms with E-state index in [9.17, 15) is 15.0 Å². The first-order valence-corrected chi connectivity index (χ1v) is 8.81. The average molecular weight is 332 g/mol. The fraction of sp³-hybridized carbons (Fsp3) is 0.571. The minimum Gasteiger partial charge on any atom is -0.511 e. The van der Waals surface area contributed by atoms with E-state index >= 15 is 0 Å². The number of hydrogen-bond donors (Lipinski definition) is 2. The van der Waals surface area contributed by atoms with Crippen molar-refractivity contribution in [3.05, 3.63) is 46.3 Å². The normalized spacial score (nSPS) is 20.4. The Bertz CT molecular complexity index is 582. The quantitative estimate of drug-likeness (QED) is 0.642. The van der Waals surface area contributed by atoms with Crippen LogP contribution in [0.15, 0.2) is 46.3 Å². The number of hydrogen-bond acceptors (Lipinski definition) is 3. The van der Waals surface area contributed by atoms with Crippen molar-refractivity contribution < 1.29 is 15.0 Å². The zero-order chi connectivity index (χ0) is 18.4. The summed E-state index contributed by atoms with van der Waals surface area (Å²) in [6.07, 6.45) is 6.75. The molecule has 3 unspecified atom stereocenters. The Kier molecular flexibility index (Phi) is 7.68. The minimum absolute atomic E-state index is 0.00856. The van der Waals surface area contributed by atoms with Crippen molar-refractivity contribution in [2.75, 3.05) is 0 Å². The number of allylic oxidation sites excluding steroid dienone is 7. The molecule has 0 fully saturated rings. The van der Waals surface area contributed by atoms with Gasteiger partial charge >= 0.3 is 0 Å². The second-order valence-electron chi connectivity index (χ2n) is 7.26. The van der Waals surface area contributed by atoms with Crippen LogP contribution in [0.2, 0.25) is 0 Å². The fourth-order valence-electron chi connectivity index (χ4n) is 2.69. The van der Waals surface area contributed by atoms with Crippen molar-refractivity contribution >= 4 is 5.78 Å². The summed E-state index contributed by atoms with van der Waals surface area (Å²) >= 11 is 0. The van der Waals surface area contributed by atoms with E-state index in [-0.39, 0.29) is 17.5 Å². The summed E-state index contributed by atoms with van der Waals surface area (Å²) in [5, 5.41) is 21.2. The predicted octanol–water partition coefficient (Wildman–Crippen LogP) is 5.04. The third kappa shape index (κ3) is 5.20. The molecule has 3 nitrogen and oxygen atoms in total. The maximum Gasteiger partial charge on any atom is 0.172 e. The van der Waals surface area contributed by atoms with Crippen LogP contribution < -0.4 is 0 Å². The largest absolute Gasteiger partial charge is 0.511 e. The van der Waals surface area contributed by atoms with Gasteiger partial charge in [0.1, 0.15) is 5.76 Å². The summed E-state index contributed by atoms with van der Waals surface area (Å²) in [4.78, 5) is 12.8. The van der Waals surface area contributed by atoms with E-state index in [0.29, 0.717) is 18.4 Å². The number of carbonyl (C=O) groups excluding carboxylic acids is 1. The predicted molar refractivity (Wildman–Crippen MR) is 99.8 cm³/mol. The molecular formula is C21H32O3.